The van der Waals surface area contributed by atoms with Crippen molar-refractivity contribution in [2.75, 3.05) is 0 Å². The Morgan fingerprint density at radius 2 is 2.12 bits per heavy atom. The van der Waals surface area contributed by atoms with Gasteiger partial charge < -0.3 is 5.11 Å². The Labute approximate surface area is 103 Å². The maximum Gasteiger partial charge on any atom is 0.338 e. The van der Waals surface area contributed by atoms with Crippen LogP contribution in [-0.4, -0.2) is 21.3 Å². The normalized spacial score (nSPS) is 17.0. The number of aromatic nitrogens is 1. The van der Waals surface area contributed by atoms with Crippen LogP contribution in [0, 0.1) is 5.82 Å². The Bertz CT molecular complexity index is 419. The Kier molecular flexibility index (Phi) is 3.99. The molecular weight excluding hydrogens is 241 g/mol. The highest BCUT2D eigenvalue weighted by Crippen LogP contribution is 2.34. The van der Waals surface area contributed by atoms with Crippen molar-refractivity contribution in [2.24, 2.45) is 0 Å². The molecule has 0 aromatic carbocycles. The number of thioether (sulfide) groups is 1. The lowest BCUT2D eigenvalue weighted by Crippen LogP contribution is -2.10. The molecule has 3 nitrogen and oxygen atoms in total. The van der Waals surface area contributed by atoms with Crippen molar-refractivity contribution in [1.29, 1.82) is 0 Å². The van der Waals surface area contributed by atoms with Gasteiger partial charge in [-0.25, -0.2) is 14.2 Å². The molecule has 0 unspecified atom stereocenters. The Morgan fingerprint density at radius 3 is 2.76 bits per heavy atom. The summed E-state index contributed by atoms with van der Waals surface area (Å²) in [7, 11) is 0. The van der Waals surface area contributed by atoms with E-state index in [0.29, 0.717) is 10.3 Å². The van der Waals surface area contributed by atoms with Crippen LogP contribution in [0.3, 0.4) is 0 Å². The van der Waals surface area contributed by atoms with Gasteiger partial charge in [0.1, 0.15) is 10.8 Å². The third-order valence-electron chi connectivity index (χ3n) is 2.88. The van der Waals surface area contributed by atoms with Gasteiger partial charge in [0.15, 0.2) is 0 Å². The molecule has 1 fully saturated rings. The number of carbonyl (C=O) groups is 1. The van der Waals surface area contributed by atoms with Crippen LogP contribution >= 0.6 is 11.8 Å². The van der Waals surface area contributed by atoms with Crippen LogP contribution in [0.5, 0.6) is 0 Å². The maximum atomic E-state index is 13.0. The molecule has 1 heterocycles. The maximum absolute atomic E-state index is 13.0. The number of carboxylic acids is 1. The fourth-order valence-corrected chi connectivity index (χ4v) is 3.29. The number of aromatic carboxylic acids is 1. The SMILES string of the molecule is O=C(O)c1cc(F)cnc1SC1CCCCC1. The Hall–Kier alpha value is -1.10. The lowest BCUT2D eigenvalue weighted by molar-refractivity contribution is 0.0691. The quantitative estimate of drug-likeness (QED) is 0.900. The summed E-state index contributed by atoms with van der Waals surface area (Å²) >= 11 is 1.47. The van der Waals surface area contributed by atoms with Crippen LogP contribution in [0.15, 0.2) is 17.3 Å². The van der Waals surface area contributed by atoms with Gasteiger partial charge in [0.2, 0.25) is 0 Å². The summed E-state index contributed by atoms with van der Waals surface area (Å²) < 4.78 is 13.0. The zero-order valence-electron chi connectivity index (χ0n) is 9.36. The van der Waals surface area contributed by atoms with Crippen molar-refractivity contribution in [3.05, 3.63) is 23.6 Å². The van der Waals surface area contributed by atoms with Crippen LogP contribution < -0.4 is 0 Å². The van der Waals surface area contributed by atoms with Crippen LogP contribution in [-0.2, 0) is 0 Å². The monoisotopic (exact) mass is 255 g/mol. The summed E-state index contributed by atoms with van der Waals surface area (Å²) in [6, 6.07) is 1.04. The zero-order valence-corrected chi connectivity index (χ0v) is 10.2. The van der Waals surface area contributed by atoms with Gasteiger partial charge >= 0.3 is 5.97 Å². The van der Waals surface area contributed by atoms with E-state index in [-0.39, 0.29) is 5.56 Å². The van der Waals surface area contributed by atoms with Crippen molar-refractivity contribution in [3.63, 3.8) is 0 Å². The number of halogens is 1. The van der Waals surface area contributed by atoms with Gasteiger partial charge in [-0.3, -0.25) is 0 Å². The van der Waals surface area contributed by atoms with Gasteiger partial charge in [-0.15, -0.1) is 11.8 Å². The number of hydrogen-bond acceptors (Lipinski definition) is 3. The molecule has 0 radical (unpaired) electrons. The first-order valence-electron chi connectivity index (χ1n) is 5.72. The van der Waals surface area contributed by atoms with E-state index in [1.54, 1.807) is 0 Å². The minimum absolute atomic E-state index is 0.0272. The molecule has 92 valence electrons. The van der Waals surface area contributed by atoms with E-state index in [1.807, 2.05) is 0 Å². The molecule has 1 saturated carbocycles. The second-order valence-electron chi connectivity index (χ2n) is 4.19. The molecule has 1 aromatic heterocycles. The summed E-state index contributed by atoms with van der Waals surface area (Å²) in [4.78, 5) is 14.9. The number of carboxylic acid groups (broad SMARTS) is 1. The molecule has 1 aromatic rings. The molecule has 0 saturated heterocycles. The van der Waals surface area contributed by atoms with Crippen LogP contribution in [0.4, 0.5) is 4.39 Å². The minimum atomic E-state index is -1.12. The molecule has 1 N–H and O–H groups in total. The first-order valence-corrected chi connectivity index (χ1v) is 6.60. The van der Waals surface area contributed by atoms with Gasteiger partial charge in [-0.1, -0.05) is 19.3 Å². The first kappa shape index (κ1) is 12.4. The average Bonchev–Trinajstić information content (AvgIpc) is 2.32. The largest absolute Gasteiger partial charge is 0.478 e. The summed E-state index contributed by atoms with van der Waals surface area (Å²) in [6.45, 7) is 0. The molecule has 17 heavy (non-hydrogen) atoms. The van der Waals surface area contributed by atoms with E-state index in [0.717, 1.165) is 25.1 Å². The predicted molar refractivity (Wildman–Crippen MR) is 63.9 cm³/mol. The summed E-state index contributed by atoms with van der Waals surface area (Å²) in [6.07, 6.45) is 6.87. The fourth-order valence-electron chi connectivity index (χ4n) is 2.01. The molecule has 0 atom stereocenters. The van der Waals surface area contributed by atoms with E-state index < -0.39 is 11.8 Å². The van der Waals surface area contributed by atoms with Crippen LogP contribution in [0.25, 0.3) is 0 Å². The molecule has 1 aliphatic carbocycles. The van der Waals surface area contributed by atoms with E-state index in [4.69, 9.17) is 5.11 Å². The van der Waals surface area contributed by atoms with Crippen molar-refractivity contribution in [2.45, 2.75) is 42.4 Å². The topological polar surface area (TPSA) is 50.2 Å². The zero-order chi connectivity index (χ0) is 12.3. The first-order chi connectivity index (χ1) is 8.16. The van der Waals surface area contributed by atoms with Gasteiger partial charge in [0.05, 0.1) is 11.8 Å². The molecule has 1 aliphatic rings. The van der Waals surface area contributed by atoms with Gasteiger partial charge in [-0.2, -0.15) is 0 Å². The summed E-state index contributed by atoms with van der Waals surface area (Å²) in [5.74, 6) is -1.72. The van der Waals surface area contributed by atoms with Gasteiger partial charge in [0.25, 0.3) is 0 Å². The van der Waals surface area contributed by atoms with Crippen molar-refractivity contribution in [1.82, 2.24) is 4.98 Å². The summed E-state index contributed by atoms with van der Waals surface area (Å²) in [5, 5.41) is 9.85. The Balaban J connectivity index is 2.16. The standard InChI is InChI=1S/C12H14FNO2S/c13-8-6-10(12(15)16)11(14-7-8)17-9-4-2-1-3-5-9/h6-7,9H,1-5H2,(H,15,16). The van der Waals surface area contributed by atoms with E-state index >= 15 is 0 Å². The number of nitrogens with zero attached hydrogens (tertiary/aromatic N) is 1. The van der Waals surface area contributed by atoms with Gasteiger partial charge in [-0.05, 0) is 18.9 Å². The third-order valence-corrected chi connectivity index (χ3v) is 4.23. The number of pyridine rings is 1. The molecule has 0 spiro atoms. The predicted octanol–water partition coefficient (Wildman–Crippen LogP) is 3.34. The molecule has 0 bridgehead atoms. The van der Waals surface area contributed by atoms with E-state index in [1.165, 1.54) is 31.0 Å². The lowest BCUT2D eigenvalue weighted by atomic mass is 10.0. The molecule has 0 aliphatic heterocycles. The fraction of sp³-hybridized carbons (Fsp3) is 0.500. The highest BCUT2D eigenvalue weighted by atomic mass is 32.2. The highest BCUT2D eigenvalue weighted by molar-refractivity contribution is 7.99. The highest BCUT2D eigenvalue weighted by Gasteiger charge is 2.20. The molecular formula is C12H14FNO2S. The van der Waals surface area contributed by atoms with E-state index in [9.17, 15) is 9.18 Å². The minimum Gasteiger partial charge on any atom is -0.478 e. The second kappa shape index (κ2) is 5.49. The summed E-state index contributed by atoms with van der Waals surface area (Å²) in [5.41, 5.74) is -0.0272. The van der Waals surface area contributed by atoms with Crippen LogP contribution in [0.2, 0.25) is 0 Å². The number of hydrogen-bond donors (Lipinski definition) is 1. The average molecular weight is 255 g/mol. The van der Waals surface area contributed by atoms with Crippen molar-refractivity contribution in [3.8, 4) is 0 Å². The van der Waals surface area contributed by atoms with E-state index in [2.05, 4.69) is 4.98 Å². The lowest BCUT2D eigenvalue weighted by Gasteiger charge is -2.20. The smallest absolute Gasteiger partial charge is 0.338 e. The second-order valence-corrected chi connectivity index (χ2v) is 5.48. The molecule has 0 amide bonds. The Morgan fingerprint density at radius 1 is 1.41 bits per heavy atom. The van der Waals surface area contributed by atoms with Gasteiger partial charge in [0, 0.05) is 5.25 Å². The molecule has 5 heteroatoms. The van der Waals surface area contributed by atoms with Crippen molar-refractivity contribution >= 4 is 17.7 Å². The van der Waals surface area contributed by atoms with Crippen LogP contribution in [0.1, 0.15) is 42.5 Å². The third kappa shape index (κ3) is 3.19. The number of rotatable bonds is 3. The molecule has 2 rings (SSSR count). The van der Waals surface area contributed by atoms with Crippen molar-refractivity contribution < 1.29 is 14.3 Å².